The molecule has 1 N–H and O–H groups in total. The summed E-state index contributed by atoms with van der Waals surface area (Å²) in [4.78, 5) is 1.19. The third kappa shape index (κ3) is 4.36. The Bertz CT molecular complexity index is 497. The van der Waals surface area contributed by atoms with Crippen LogP contribution in [0.5, 0.6) is 0 Å². The number of rotatable bonds is 2. The maximum absolute atomic E-state index is 13.1. The predicted octanol–water partition coefficient (Wildman–Crippen LogP) is 3.43. The highest BCUT2D eigenvalue weighted by Crippen LogP contribution is 2.31. The van der Waals surface area contributed by atoms with E-state index in [0.29, 0.717) is 13.0 Å². The molecule has 1 aliphatic rings. The molecule has 1 aliphatic heterocycles. The van der Waals surface area contributed by atoms with Gasteiger partial charge >= 0.3 is 12.4 Å². The maximum Gasteiger partial charge on any atom is 0.416 e. The van der Waals surface area contributed by atoms with E-state index in [9.17, 15) is 26.3 Å². The SMILES string of the molecule is FC(F)(F)c1cccc(CN2CCCNCC2C(F)(F)F)c1. The van der Waals surface area contributed by atoms with Crippen LogP contribution in [-0.4, -0.2) is 36.8 Å². The molecule has 0 saturated carbocycles. The van der Waals surface area contributed by atoms with Gasteiger partial charge in [0.05, 0.1) is 5.56 Å². The van der Waals surface area contributed by atoms with Gasteiger partial charge in [-0.25, -0.2) is 0 Å². The number of halogens is 6. The Kier molecular flexibility index (Phi) is 5.01. The Morgan fingerprint density at radius 3 is 2.50 bits per heavy atom. The fourth-order valence-electron chi connectivity index (χ4n) is 2.52. The fourth-order valence-corrected chi connectivity index (χ4v) is 2.52. The van der Waals surface area contributed by atoms with Crippen LogP contribution in [0.15, 0.2) is 24.3 Å². The standard InChI is InChI=1S/C14H16F6N2/c15-13(16,17)11-4-1-3-10(7-11)9-22-6-2-5-21-8-12(22)14(18,19)20/h1,3-4,7,12,21H,2,5-6,8-9H2. The lowest BCUT2D eigenvalue weighted by Gasteiger charge is -2.31. The van der Waals surface area contributed by atoms with Crippen LogP contribution in [0.1, 0.15) is 17.5 Å². The molecule has 0 spiro atoms. The second kappa shape index (κ2) is 6.45. The monoisotopic (exact) mass is 326 g/mol. The van der Waals surface area contributed by atoms with Crippen LogP contribution in [0.2, 0.25) is 0 Å². The summed E-state index contributed by atoms with van der Waals surface area (Å²) in [6.07, 6.45) is -8.40. The van der Waals surface area contributed by atoms with Gasteiger partial charge in [0.1, 0.15) is 6.04 Å². The van der Waals surface area contributed by atoms with Gasteiger partial charge in [-0.2, -0.15) is 26.3 Å². The third-order valence-corrected chi connectivity index (χ3v) is 3.60. The molecule has 124 valence electrons. The van der Waals surface area contributed by atoms with Crippen molar-refractivity contribution in [1.82, 2.24) is 10.2 Å². The first-order valence-corrected chi connectivity index (χ1v) is 6.85. The molecular weight excluding hydrogens is 310 g/mol. The molecule has 2 nitrogen and oxygen atoms in total. The Labute approximate surface area is 124 Å². The van der Waals surface area contributed by atoms with Gasteiger partial charge in [0.25, 0.3) is 0 Å². The second-order valence-electron chi connectivity index (χ2n) is 5.28. The van der Waals surface area contributed by atoms with Gasteiger partial charge in [-0.1, -0.05) is 18.2 Å². The van der Waals surface area contributed by atoms with Crippen molar-refractivity contribution in [3.8, 4) is 0 Å². The summed E-state index contributed by atoms with van der Waals surface area (Å²) in [7, 11) is 0. The van der Waals surface area contributed by atoms with E-state index < -0.39 is 24.0 Å². The highest BCUT2D eigenvalue weighted by molar-refractivity contribution is 5.25. The average molecular weight is 326 g/mol. The highest BCUT2D eigenvalue weighted by Gasteiger charge is 2.43. The Morgan fingerprint density at radius 1 is 1.14 bits per heavy atom. The van der Waals surface area contributed by atoms with E-state index >= 15 is 0 Å². The average Bonchev–Trinajstić information content (AvgIpc) is 2.63. The van der Waals surface area contributed by atoms with E-state index in [2.05, 4.69) is 5.32 Å². The van der Waals surface area contributed by atoms with Crippen molar-refractivity contribution in [3.05, 3.63) is 35.4 Å². The van der Waals surface area contributed by atoms with Crippen LogP contribution < -0.4 is 5.32 Å². The zero-order chi connectivity index (χ0) is 16.4. The van der Waals surface area contributed by atoms with Crippen molar-refractivity contribution in [2.75, 3.05) is 19.6 Å². The molecule has 0 bridgehead atoms. The zero-order valence-corrected chi connectivity index (χ0v) is 11.6. The minimum absolute atomic E-state index is 0.157. The van der Waals surface area contributed by atoms with Gasteiger partial charge in [0.15, 0.2) is 0 Å². The summed E-state index contributed by atoms with van der Waals surface area (Å²) in [6.45, 7) is 0.247. The van der Waals surface area contributed by atoms with Gasteiger partial charge in [0, 0.05) is 19.6 Å². The first-order valence-electron chi connectivity index (χ1n) is 6.85. The number of nitrogens with zero attached hydrogens (tertiary/aromatic N) is 1. The number of nitrogens with one attached hydrogen (secondary N) is 1. The molecule has 1 unspecified atom stereocenters. The summed E-state index contributed by atoms with van der Waals surface area (Å²) in [6, 6.07) is 2.77. The van der Waals surface area contributed by atoms with Crippen LogP contribution in [-0.2, 0) is 12.7 Å². The van der Waals surface area contributed by atoms with E-state index in [0.717, 1.165) is 12.1 Å². The molecule has 0 aromatic heterocycles. The molecular formula is C14H16F6N2. The van der Waals surface area contributed by atoms with Crippen LogP contribution in [0, 0.1) is 0 Å². The van der Waals surface area contributed by atoms with E-state index in [-0.39, 0.29) is 25.2 Å². The first kappa shape index (κ1) is 17.1. The molecule has 1 fully saturated rings. The summed E-state index contributed by atoms with van der Waals surface area (Å²) >= 11 is 0. The third-order valence-electron chi connectivity index (χ3n) is 3.60. The van der Waals surface area contributed by atoms with Gasteiger partial charge in [-0.3, -0.25) is 4.90 Å². The van der Waals surface area contributed by atoms with Crippen molar-refractivity contribution in [3.63, 3.8) is 0 Å². The van der Waals surface area contributed by atoms with Crippen molar-refractivity contribution in [2.45, 2.75) is 31.4 Å². The van der Waals surface area contributed by atoms with E-state index in [1.54, 1.807) is 0 Å². The van der Waals surface area contributed by atoms with Crippen LogP contribution >= 0.6 is 0 Å². The van der Waals surface area contributed by atoms with Gasteiger partial charge in [-0.05, 0) is 24.6 Å². The van der Waals surface area contributed by atoms with Gasteiger partial charge in [0.2, 0.25) is 0 Å². The normalized spacial score (nSPS) is 21.6. The summed E-state index contributed by atoms with van der Waals surface area (Å²) < 4.78 is 77.3. The quantitative estimate of drug-likeness (QED) is 0.838. The first-order chi connectivity index (χ1) is 10.2. The molecule has 1 atom stereocenters. The molecule has 0 aliphatic carbocycles. The van der Waals surface area contributed by atoms with Crippen molar-refractivity contribution < 1.29 is 26.3 Å². The highest BCUT2D eigenvalue weighted by atomic mass is 19.4. The van der Waals surface area contributed by atoms with E-state index in [1.165, 1.54) is 17.0 Å². The molecule has 1 aromatic rings. The van der Waals surface area contributed by atoms with Crippen molar-refractivity contribution in [1.29, 1.82) is 0 Å². The smallest absolute Gasteiger partial charge is 0.315 e. The molecule has 22 heavy (non-hydrogen) atoms. The maximum atomic E-state index is 13.1. The minimum Gasteiger partial charge on any atom is -0.315 e. The summed E-state index contributed by atoms with van der Waals surface area (Å²) in [5.74, 6) is 0. The lowest BCUT2D eigenvalue weighted by atomic mass is 10.1. The van der Waals surface area contributed by atoms with E-state index in [1.807, 2.05) is 0 Å². The van der Waals surface area contributed by atoms with Gasteiger partial charge < -0.3 is 5.32 Å². The number of benzene rings is 1. The van der Waals surface area contributed by atoms with Gasteiger partial charge in [-0.15, -0.1) is 0 Å². The molecule has 1 heterocycles. The fraction of sp³-hybridized carbons (Fsp3) is 0.571. The number of hydrogen-bond donors (Lipinski definition) is 1. The Balaban J connectivity index is 2.19. The van der Waals surface area contributed by atoms with Crippen LogP contribution in [0.25, 0.3) is 0 Å². The van der Waals surface area contributed by atoms with Crippen LogP contribution in [0.3, 0.4) is 0 Å². The number of hydrogen-bond acceptors (Lipinski definition) is 2. The zero-order valence-electron chi connectivity index (χ0n) is 11.6. The Hall–Kier alpha value is -1.28. The molecule has 8 heteroatoms. The molecule has 1 aromatic carbocycles. The van der Waals surface area contributed by atoms with E-state index in [4.69, 9.17) is 0 Å². The summed E-state index contributed by atoms with van der Waals surface area (Å²) in [5, 5.41) is 2.71. The summed E-state index contributed by atoms with van der Waals surface area (Å²) in [5.41, 5.74) is -0.618. The number of alkyl halides is 6. The predicted molar refractivity (Wildman–Crippen MR) is 69.2 cm³/mol. The molecule has 2 rings (SSSR count). The molecule has 0 radical (unpaired) electrons. The topological polar surface area (TPSA) is 15.3 Å². The Morgan fingerprint density at radius 2 is 1.86 bits per heavy atom. The van der Waals surface area contributed by atoms with Crippen LogP contribution in [0.4, 0.5) is 26.3 Å². The molecule has 1 saturated heterocycles. The van der Waals surface area contributed by atoms with Crippen molar-refractivity contribution >= 4 is 0 Å². The van der Waals surface area contributed by atoms with Crippen molar-refractivity contribution in [2.24, 2.45) is 0 Å². The lowest BCUT2D eigenvalue weighted by Crippen LogP contribution is -2.49. The lowest BCUT2D eigenvalue weighted by molar-refractivity contribution is -0.182. The minimum atomic E-state index is -4.50. The second-order valence-corrected chi connectivity index (χ2v) is 5.28. The largest absolute Gasteiger partial charge is 0.416 e. The molecule has 0 amide bonds.